The van der Waals surface area contributed by atoms with Crippen LogP contribution in [0.1, 0.15) is 29.8 Å². The minimum atomic E-state index is 0.262. The van der Waals surface area contributed by atoms with Crippen LogP contribution < -0.4 is 10.1 Å². The third-order valence-electron chi connectivity index (χ3n) is 3.25. The van der Waals surface area contributed by atoms with E-state index >= 15 is 0 Å². The zero-order valence-corrected chi connectivity index (χ0v) is 11.7. The van der Waals surface area contributed by atoms with Crippen LogP contribution in [-0.2, 0) is 6.42 Å². The van der Waals surface area contributed by atoms with Gasteiger partial charge in [0.2, 0.25) is 0 Å². The summed E-state index contributed by atoms with van der Waals surface area (Å²) in [6.07, 6.45) is 4.51. The molecule has 0 saturated heterocycles. The second-order valence-electron chi connectivity index (χ2n) is 4.75. The Balaban J connectivity index is 1.95. The highest BCUT2D eigenvalue weighted by Gasteiger charge is 2.11. The molecule has 4 nitrogen and oxygen atoms in total. The molecule has 1 aromatic carbocycles. The monoisotopic (exact) mass is 259 g/mol. The van der Waals surface area contributed by atoms with Crippen molar-refractivity contribution in [2.24, 2.45) is 0 Å². The number of nitrogens with one attached hydrogen (secondary N) is 2. The fourth-order valence-corrected chi connectivity index (χ4v) is 2.15. The third-order valence-corrected chi connectivity index (χ3v) is 3.25. The summed E-state index contributed by atoms with van der Waals surface area (Å²) < 4.78 is 5.42. The summed E-state index contributed by atoms with van der Waals surface area (Å²) in [5.41, 5.74) is 3.60. The Morgan fingerprint density at radius 3 is 2.95 bits per heavy atom. The molecule has 0 amide bonds. The van der Waals surface area contributed by atoms with Crippen molar-refractivity contribution in [2.75, 3.05) is 13.7 Å². The Bertz CT molecular complexity index is 508. The number of hydrogen-bond donors (Lipinski definition) is 2. The summed E-state index contributed by atoms with van der Waals surface area (Å²) in [5.74, 6) is 0.937. The van der Waals surface area contributed by atoms with Crippen LogP contribution in [-0.4, -0.2) is 23.6 Å². The lowest BCUT2D eigenvalue weighted by Gasteiger charge is -2.17. The molecule has 0 aliphatic carbocycles. The lowest BCUT2D eigenvalue weighted by Crippen LogP contribution is -2.22. The van der Waals surface area contributed by atoms with Crippen molar-refractivity contribution in [3.63, 3.8) is 0 Å². The first-order valence-corrected chi connectivity index (χ1v) is 6.56. The van der Waals surface area contributed by atoms with Gasteiger partial charge in [0.05, 0.1) is 13.4 Å². The minimum absolute atomic E-state index is 0.262. The molecule has 1 atom stereocenters. The van der Waals surface area contributed by atoms with E-state index in [-0.39, 0.29) is 6.04 Å². The maximum absolute atomic E-state index is 5.42. The molecule has 4 heteroatoms. The van der Waals surface area contributed by atoms with Crippen molar-refractivity contribution in [1.82, 2.24) is 15.3 Å². The van der Waals surface area contributed by atoms with E-state index in [0.717, 1.165) is 24.4 Å². The Labute approximate surface area is 114 Å². The van der Waals surface area contributed by atoms with E-state index < -0.39 is 0 Å². The lowest BCUT2D eigenvalue weighted by atomic mass is 10.0. The highest BCUT2D eigenvalue weighted by Crippen LogP contribution is 2.25. The fraction of sp³-hybridized carbons (Fsp3) is 0.400. The van der Waals surface area contributed by atoms with Gasteiger partial charge in [0.1, 0.15) is 5.75 Å². The molecule has 2 rings (SSSR count). The molecule has 0 spiro atoms. The molecule has 0 fully saturated rings. The highest BCUT2D eigenvalue weighted by molar-refractivity contribution is 5.38. The number of aromatic nitrogens is 2. The van der Waals surface area contributed by atoms with E-state index in [4.69, 9.17) is 4.74 Å². The number of aryl methyl sites for hydroxylation is 1. The van der Waals surface area contributed by atoms with Crippen molar-refractivity contribution in [3.8, 4) is 5.75 Å². The van der Waals surface area contributed by atoms with Gasteiger partial charge < -0.3 is 15.0 Å². The number of ether oxygens (including phenoxy) is 1. The quantitative estimate of drug-likeness (QED) is 0.838. The maximum atomic E-state index is 5.42. The molecule has 0 radical (unpaired) electrons. The van der Waals surface area contributed by atoms with Crippen molar-refractivity contribution in [1.29, 1.82) is 0 Å². The predicted molar refractivity (Wildman–Crippen MR) is 76.4 cm³/mol. The Kier molecular flexibility index (Phi) is 4.58. The molecule has 1 unspecified atom stereocenters. The summed E-state index contributed by atoms with van der Waals surface area (Å²) >= 11 is 0. The van der Waals surface area contributed by atoms with E-state index in [2.05, 4.69) is 41.3 Å². The van der Waals surface area contributed by atoms with Crippen LogP contribution >= 0.6 is 0 Å². The molecule has 19 heavy (non-hydrogen) atoms. The summed E-state index contributed by atoms with van der Waals surface area (Å²) in [7, 11) is 1.71. The van der Waals surface area contributed by atoms with Crippen molar-refractivity contribution < 1.29 is 4.74 Å². The van der Waals surface area contributed by atoms with Gasteiger partial charge in [-0.05, 0) is 19.9 Å². The molecule has 0 aliphatic heterocycles. The van der Waals surface area contributed by atoms with Gasteiger partial charge in [-0.1, -0.05) is 17.7 Å². The van der Waals surface area contributed by atoms with Gasteiger partial charge in [0, 0.05) is 36.5 Å². The smallest absolute Gasteiger partial charge is 0.123 e. The number of hydrogen-bond acceptors (Lipinski definition) is 3. The van der Waals surface area contributed by atoms with Crippen LogP contribution in [0.15, 0.2) is 30.7 Å². The molecule has 1 heterocycles. The summed E-state index contributed by atoms with van der Waals surface area (Å²) in [6.45, 7) is 5.16. The first-order chi connectivity index (χ1) is 9.20. The second kappa shape index (κ2) is 6.38. The van der Waals surface area contributed by atoms with Crippen LogP contribution in [0.5, 0.6) is 5.75 Å². The van der Waals surface area contributed by atoms with Gasteiger partial charge in [-0.15, -0.1) is 0 Å². The van der Waals surface area contributed by atoms with Crippen LogP contribution in [0.25, 0.3) is 0 Å². The highest BCUT2D eigenvalue weighted by atomic mass is 16.5. The topological polar surface area (TPSA) is 49.9 Å². The second-order valence-corrected chi connectivity index (χ2v) is 4.75. The van der Waals surface area contributed by atoms with Gasteiger partial charge in [-0.2, -0.15) is 0 Å². The molecular weight excluding hydrogens is 238 g/mol. The number of benzene rings is 1. The van der Waals surface area contributed by atoms with E-state index in [0.29, 0.717) is 0 Å². The van der Waals surface area contributed by atoms with Crippen LogP contribution in [0, 0.1) is 6.92 Å². The predicted octanol–water partition coefficient (Wildman–Crippen LogP) is 2.62. The van der Waals surface area contributed by atoms with E-state index in [1.165, 1.54) is 11.1 Å². The van der Waals surface area contributed by atoms with E-state index in [1.807, 2.05) is 12.3 Å². The number of aromatic amines is 1. The number of nitrogens with zero attached hydrogens (tertiary/aromatic N) is 1. The average Bonchev–Trinajstić information content (AvgIpc) is 2.91. The molecular formula is C15H21N3O. The van der Waals surface area contributed by atoms with Crippen molar-refractivity contribution >= 4 is 0 Å². The minimum Gasteiger partial charge on any atom is -0.496 e. The van der Waals surface area contributed by atoms with Gasteiger partial charge in [0.15, 0.2) is 0 Å². The normalized spacial score (nSPS) is 12.4. The van der Waals surface area contributed by atoms with E-state index in [9.17, 15) is 0 Å². The summed E-state index contributed by atoms with van der Waals surface area (Å²) in [6, 6.07) is 6.53. The van der Waals surface area contributed by atoms with Gasteiger partial charge in [-0.25, -0.2) is 4.98 Å². The van der Waals surface area contributed by atoms with Crippen molar-refractivity contribution in [2.45, 2.75) is 26.3 Å². The van der Waals surface area contributed by atoms with E-state index in [1.54, 1.807) is 13.4 Å². The van der Waals surface area contributed by atoms with Gasteiger partial charge in [0.25, 0.3) is 0 Å². The van der Waals surface area contributed by atoms with Crippen LogP contribution in [0.4, 0.5) is 0 Å². The number of rotatable bonds is 6. The Morgan fingerprint density at radius 1 is 1.42 bits per heavy atom. The maximum Gasteiger partial charge on any atom is 0.123 e. The third kappa shape index (κ3) is 3.58. The first-order valence-electron chi connectivity index (χ1n) is 6.56. The van der Waals surface area contributed by atoms with Crippen LogP contribution in [0.2, 0.25) is 0 Å². The van der Waals surface area contributed by atoms with Gasteiger partial charge >= 0.3 is 0 Å². The zero-order valence-electron chi connectivity index (χ0n) is 11.7. The standard InChI is InChI=1S/C15H21N3O/c1-11-4-5-15(19-3)14(8-11)12(2)17-7-6-13-9-16-10-18-13/h4-5,8-10,12,17H,6-7H2,1-3H3,(H,16,18). The summed E-state index contributed by atoms with van der Waals surface area (Å²) in [5, 5.41) is 3.51. The van der Waals surface area contributed by atoms with Gasteiger partial charge in [-0.3, -0.25) is 0 Å². The number of methoxy groups -OCH3 is 1. The first kappa shape index (κ1) is 13.6. The average molecular weight is 259 g/mol. The number of imidazole rings is 1. The largest absolute Gasteiger partial charge is 0.496 e. The molecule has 2 N–H and O–H groups in total. The zero-order chi connectivity index (χ0) is 13.7. The summed E-state index contributed by atoms with van der Waals surface area (Å²) in [4.78, 5) is 7.12. The SMILES string of the molecule is COc1ccc(C)cc1C(C)NCCc1cnc[nH]1. The Morgan fingerprint density at radius 2 is 2.26 bits per heavy atom. The Hall–Kier alpha value is -1.81. The molecule has 1 aromatic heterocycles. The molecule has 0 bridgehead atoms. The molecule has 102 valence electrons. The molecule has 0 aliphatic rings. The molecule has 0 saturated carbocycles. The lowest BCUT2D eigenvalue weighted by molar-refractivity contribution is 0.401. The fourth-order valence-electron chi connectivity index (χ4n) is 2.15. The molecule has 2 aromatic rings. The number of H-pyrrole nitrogens is 1. The van der Waals surface area contributed by atoms with Crippen molar-refractivity contribution in [3.05, 3.63) is 47.5 Å². The van der Waals surface area contributed by atoms with Crippen LogP contribution in [0.3, 0.4) is 0 Å².